The zero-order chi connectivity index (χ0) is 18.2. The van der Waals surface area contributed by atoms with Gasteiger partial charge in [-0.25, -0.2) is 9.97 Å². The Labute approximate surface area is 167 Å². The molecule has 2 aliphatic rings. The normalized spacial score (nSPS) is 18.8. The summed E-state index contributed by atoms with van der Waals surface area (Å²) in [4.78, 5) is 18.6. The van der Waals surface area contributed by atoms with Gasteiger partial charge in [-0.05, 0) is 42.7 Å². The van der Waals surface area contributed by atoms with Gasteiger partial charge in [0.2, 0.25) is 0 Å². The van der Waals surface area contributed by atoms with Gasteiger partial charge in [0.05, 0.1) is 11.9 Å². The topological polar surface area (TPSA) is 58.3 Å². The molecule has 27 heavy (non-hydrogen) atoms. The largest absolute Gasteiger partial charge is 0.383 e. The van der Waals surface area contributed by atoms with E-state index in [0.29, 0.717) is 5.82 Å². The van der Waals surface area contributed by atoms with E-state index in [1.54, 1.807) is 0 Å². The average molecular weight is 400 g/mol. The summed E-state index contributed by atoms with van der Waals surface area (Å²) in [5.74, 6) is 1.57. The molecule has 0 spiro atoms. The quantitative estimate of drug-likeness (QED) is 0.727. The van der Waals surface area contributed by atoms with Crippen LogP contribution in [0.4, 0.5) is 5.82 Å². The van der Waals surface area contributed by atoms with Gasteiger partial charge >= 0.3 is 0 Å². The molecule has 4 heterocycles. The van der Waals surface area contributed by atoms with E-state index < -0.39 is 0 Å². The molecule has 1 saturated heterocycles. The predicted octanol–water partition coefficient (Wildman–Crippen LogP) is 3.53. The molecule has 0 aromatic carbocycles. The van der Waals surface area contributed by atoms with E-state index >= 15 is 0 Å². The lowest BCUT2D eigenvalue weighted by Crippen LogP contribution is -2.45. The maximum Gasteiger partial charge on any atom is 0.146 e. The fourth-order valence-corrected chi connectivity index (χ4v) is 6.26. The first-order chi connectivity index (χ1) is 13.3. The standard InChI is InChI=1S/C20H25N5S2/c21-19-18-15-5-1-2-6-16(15)27-20(18)23-17(22-19)13-25-9-7-24(8-10-25)12-14-4-3-11-26-14/h3-4,11H,1-2,5-10,12-13H2,(H2,21,22,23). The van der Waals surface area contributed by atoms with Gasteiger partial charge in [0.1, 0.15) is 16.5 Å². The third kappa shape index (κ3) is 3.61. The molecule has 0 radical (unpaired) electrons. The number of aryl methyl sites for hydroxylation is 2. The van der Waals surface area contributed by atoms with Crippen LogP contribution in [0.3, 0.4) is 0 Å². The zero-order valence-corrected chi connectivity index (χ0v) is 17.1. The van der Waals surface area contributed by atoms with E-state index in [1.165, 1.54) is 34.6 Å². The number of nitrogen functional groups attached to an aromatic ring is 1. The number of nitrogens with zero attached hydrogens (tertiary/aromatic N) is 4. The van der Waals surface area contributed by atoms with Crippen LogP contribution in [0.15, 0.2) is 17.5 Å². The highest BCUT2D eigenvalue weighted by molar-refractivity contribution is 7.19. The van der Waals surface area contributed by atoms with Gasteiger partial charge in [-0.3, -0.25) is 9.80 Å². The van der Waals surface area contributed by atoms with Crippen molar-refractivity contribution < 1.29 is 0 Å². The van der Waals surface area contributed by atoms with E-state index in [2.05, 4.69) is 32.3 Å². The Hall–Kier alpha value is -1.54. The van der Waals surface area contributed by atoms with Crippen LogP contribution in [0.2, 0.25) is 0 Å². The van der Waals surface area contributed by atoms with Crippen molar-refractivity contribution in [3.8, 4) is 0 Å². The van der Waals surface area contributed by atoms with E-state index in [0.717, 1.165) is 61.7 Å². The number of rotatable bonds is 4. The highest BCUT2D eigenvalue weighted by Gasteiger charge is 2.22. The van der Waals surface area contributed by atoms with E-state index in [4.69, 9.17) is 10.7 Å². The Bertz CT molecular complexity index is 926. The molecular weight excluding hydrogens is 374 g/mol. The summed E-state index contributed by atoms with van der Waals surface area (Å²) in [5, 5.41) is 3.30. The summed E-state index contributed by atoms with van der Waals surface area (Å²) in [5.41, 5.74) is 7.78. The Morgan fingerprint density at radius 3 is 2.56 bits per heavy atom. The van der Waals surface area contributed by atoms with Crippen LogP contribution in [0.25, 0.3) is 10.2 Å². The Kier molecular flexibility index (Phi) is 4.85. The first-order valence-electron chi connectivity index (χ1n) is 9.80. The predicted molar refractivity (Wildman–Crippen MR) is 113 cm³/mol. The molecule has 142 valence electrons. The lowest BCUT2D eigenvalue weighted by molar-refractivity contribution is 0.121. The SMILES string of the molecule is Nc1nc(CN2CCN(Cc3cccs3)CC2)nc2sc3c(c12)CCCC3. The monoisotopic (exact) mass is 399 g/mol. The summed E-state index contributed by atoms with van der Waals surface area (Å²) in [7, 11) is 0. The summed E-state index contributed by atoms with van der Waals surface area (Å²) < 4.78 is 0. The van der Waals surface area contributed by atoms with Crippen molar-refractivity contribution >= 4 is 38.7 Å². The van der Waals surface area contributed by atoms with Gasteiger partial charge in [-0.1, -0.05) is 6.07 Å². The van der Waals surface area contributed by atoms with Crippen molar-refractivity contribution in [3.05, 3.63) is 38.7 Å². The molecule has 0 bridgehead atoms. The lowest BCUT2D eigenvalue weighted by atomic mass is 9.97. The van der Waals surface area contributed by atoms with Gasteiger partial charge in [-0.15, -0.1) is 22.7 Å². The number of anilines is 1. The van der Waals surface area contributed by atoms with Crippen LogP contribution >= 0.6 is 22.7 Å². The van der Waals surface area contributed by atoms with Gasteiger partial charge in [-0.2, -0.15) is 0 Å². The molecular formula is C20H25N5S2. The summed E-state index contributed by atoms with van der Waals surface area (Å²) in [6.07, 6.45) is 4.86. The van der Waals surface area contributed by atoms with Crippen molar-refractivity contribution in [2.24, 2.45) is 0 Å². The molecule has 5 nitrogen and oxygen atoms in total. The molecule has 3 aromatic rings. The smallest absolute Gasteiger partial charge is 0.146 e. The molecule has 0 saturated carbocycles. The maximum atomic E-state index is 6.36. The minimum atomic E-state index is 0.686. The second kappa shape index (κ2) is 7.47. The second-order valence-corrected chi connectivity index (χ2v) is 9.66. The van der Waals surface area contributed by atoms with Crippen molar-refractivity contribution in [2.45, 2.75) is 38.8 Å². The van der Waals surface area contributed by atoms with Crippen molar-refractivity contribution in [1.29, 1.82) is 0 Å². The molecule has 1 fully saturated rings. The number of hydrogen-bond donors (Lipinski definition) is 1. The molecule has 1 aliphatic heterocycles. The fraction of sp³-hybridized carbons (Fsp3) is 0.500. The number of thiophene rings is 2. The first-order valence-corrected chi connectivity index (χ1v) is 11.5. The molecule has 0 atom stereocenters. The van der Waals surface area contributed by atoms with Gasteiger partial charge in [0, 0.05) is 42.5 Å². The van der Waals surface area contributed by atoms with Crippen LogP contribution in [-0.2, 0) is 25.9 Å². The number of hydrogen-bond acceptors (Lipinski definition) is 7. The molecule has 3 aromatic heterocycles. The molecule has 2 N–H and O–H groups in total. The van der Waals surface area contributed by atoms with E-state index in [1.807, 2.05) is 22.7 Å². The second-order valence-electron chi connectivity index (χ2n) is 7.55. The maximum absolute atomic E-state index is 6.36. The Balaban J connectivity index is 1.27. The minimum absolute atomic E-state index is 0.686. The van der Waals surface area contributed by atoms with Crippen molar-refractivity contribution in [1.82, 2.24) is 19.8 Å². The summed E-state index contributed by atoms with van der Waals surface area (Å²) in [6, 6.07) is 4.36. The molecule has 0 unspecified atom stereocenters. The van der Waals surface area contributed by atoms with E-state index in [9.17, 15) is 0 Å². The number of fused-ring (bicyclic) bond motifs is 3. The number of piperazine rings is 1. The Morgan fingerprint density at radius 2 is 1.78 bits per heavy atom. The van der Waals surface area contributed by atoms with Crippen LogP contribution in [0, 0.1) is 0 Å². The number of aromatic nitrogens is 2. The minimum Gasteiger partial charge on any atom is -0.383 e. The fourth-order valence-electron chi connectivity index (χ4n) is 4.23. The number of nitrogens with two attached hydrogens (primary N) is 1. The molecule has 7 heteroatoms. The lowest BCUT2D eigenvalue weighted by Gasteiger charge is -2.34. The third-order valence-electron chi connectivity index (χ3n) is 5.68. The van der Waals surface area contributed by atoms with Gasteiger partial charge in [0.25, 0.3) is 0 Å². The third-order valence-corrected chi connectivity index (χ3v) is 7.73. The zero-order valence-electron chi connectivity index (χ0n) is 15.5. The molecule has 0 amide bonds. The first kappa shape index (κ1) is 17.6. The van der Waals surface area contributed by atoms with Crippen LogP contribution in [-0.4, -0.2) is 45.9 Å². The molecule has 1 aliphatic carbocycles. The Morgan fingerprint density at radius 1 is 1.00 bits per heavy atom. The summed E-state index contributed by atoms with van der Waals surface area (Å²) >= 11 is 3.68. The summed E-state index contributed by atoms with van der Waals surface area (Å²) in [6.45, 7) is 6.20. The van der Waals surface area contributed by atoms with Crippen LogP contribution in [0.5, 0.6) is 0 Å². The van der Waals surface area contributed by atoms with Crippen LogP contribution < -0.4 is 5.73 Å². The average Bonchev–Trinajstić information content (AvgIpc) is 3.30. The molecule has 5 rings (SSSR count). The highest BCUT2D eigenvalue weighted by atomic mass is 32.1. The highest BCUT2D eigenvalue weighted by Crippen LogP contribution is 2.37. The van der Waals surface area contributed by atoms with Gasteiger partial charge < -0.3 is 5.73 Å². The van der Waals surface area contributed by atoms with Crippen LogP contribution in [0.1, 0.15) is 34.0 Å². The van der Waals surface area contributed by atoms with E-state index in [-0.39, 0.29) is 0 Å². The van der Waals surface area contributed by atoms with Crippen molar-refractivity contribution in [2.75, 3.05) is 31.9 Å². The van der Waals surface area contributed by atoms with Gasteiger partial charge in [0.15, 0.2) is 0 Å². The van der Waals surface area contributed by atoms with Crippen molar-refractivity contribution in [3.63, 3.8) is 0 Å².